The molecule has 0 radical (unpaired) electrons. The third-order valence-electron chi connectivity index (χ3n) is 5.71. The first-order valence-electron chi connectivity index (χ1n) is 11.3. The molecular formula is C22H34ClN5O3S2. The molecule has 1 aliphatic carbocycles. The van der Waals surface area contributed by atoms with Crippen molar-refractivity contribution in [2.75, 3.05) is 33.7 Å². The van der Waals surface area contributed by atoms with Crippen LogP contribution in [0.1, 0.15) is 39.0 Å². The molecule has 1 atom stereocenters. The van der Waals surface area contributed by atoms with E-state index in [4.69, 9.17) is 16.6 Å². The molecule has 1 heterocycles. The van der Waals surface area contributed by atoms with Crippen LogP contribution in [0.3, 0.4) is 0 Å². The summed E-state index contributed by atoms with van der Waals surface area (Å²) in [7, 11) is 1.62. The first-order chi connectivity index (χ1) is 15.6. The van der Waals surface area contributed by atoms with Gasteiger partial charge >= 0.3 is 0 Å². The molecule has 1 N–H and O–H groups in total. The molecule has 8 nitrogen and oxygen atoms in total. The summed E-state index contributed by atoms with van der Waals surface area (Å²) in [6, 6.07) is 5.27. The zero-order valence-electron chi connectivity index (χ0n) is 19.7. The fraction of sp³-hybridized carbons (Fsp3) is 0.636. The van der Waals surface area contributed by atoms with Crippen LogP contribution in [0.2, 0.25) is 5.02 Å². The molecule has 184 valence electrons. The summed E-state index contributed by atoms with van der Waals surface area (Å²) < 4.78 is 29.8. The van der Waals surface area contributed by atoms with Gasteiger partial charge in [0.25, 0.3) is 0 Å². The summed E-state index contributed by atoms with van der Waals surface area (Å²) in [4.78, 5) is 7.55. The predicted octanol–water partition coefficient (Wildman–Crippen LogP) is 2.97. The smallest absolute Gasteiger partial charge is 0.244 e. The maximum absolute atomic E-state index is 13.4. The van der Waals surface area contributed by atoms with Crippen molar-refractivity contribution in [2.24, 2.45) is 12.0 Å². The Balaban J connectivity index is 1.92. The van der Waals surface area contributed by atoms with Crippen LogP contribution in [0.5, 0.6) is 0 Å². The SMILES string of the molecule is CCN(CC(O)CN(C)C)S(=O)(=O)c1cc(-c2nn(C)c(=NC3CCCCC3)s2)ccc1Cl. The first-order valence-corrected chi connectivity index (χ1v) is 14.0. The van der Waals surface area contributed by atoms with Gasteiger partial charge < -0.3 is 10.0 Å². The van der Waals surface area contributed by atoms with Crippen LogP contribution in [0.4, 0.5) is 0 Å². The second-order valence-corrected chi connectivity index (χ2v) is 12.0. The van der Waals surface area contributed by atoms with E-state index in [9.17, 15) is 13.5 Å². The number of rotatable bonds is 9. The van der Waals surface area contributed by atoms with E-state index in [2.05, 4.69) is 5.10 Å². The number of benzene rings is 1. The van der Waals surface area contributed by atoms with Crippen LogP contribution in [0.25, 0.3) is 10.6 Å². The van der Waals surface area contributed by atoms with E-state index in [0.29, 0.717) is 23.2 Å². The minimum atomic E-state index is -3.90. The van der Waals surface area contributed by atoms with Gasteiger partial charge in [-0.15, -0.1) is 0 Å². The highest BCUT2D eigenvalue weighted by Gasteiger charge is 2.28. The number of aromatic nitrogens is 2. The number of sulfonamides is 1. The fourth-order valence-corrected chi connectivity index (χ4v) is 6.97. The largest absolute Gasteiger partial charge is 0.390 e. The molecule has 1 aromatic heterocycles. The number of hydrogen-bond acceptors (Lipinski definition) is 7. The minimum Gasteiger partial charge on any atom is -0.390 e. The maximum atomic E-state index is 13.4. The second-order valence-electron chi connectivity index (χ2n) is 8.75. The van der Waals surface area contributed by atoms with Crippen LogP contribution in [-0.2, 0) is 17.1 Å². The average Bonchev–Trinajstić information content (AvgIpc) is 3.12. The van der Waals surface area contributed by atoms with Crippen LogP contribution < -0.4 is 4.80 Å². The van der Waals surface area contributed by atoms with E-state index >= 15 is 0 Å². The highest BCUT2D eigenvalue weighted by Crippen LogP contribution is 2.30. The highest BCUT2D eigenvalue weighted by molar-refractivity contribution is 7.89. The summed E-state index contributed by atoms with van der Waals surface area (Å²) >= 11 is 7.79. The summed E-state index contributed by atoms with van der Waals surface area (Å²) in [6.07, 6.45) is 5.08. The number of likely N-dealkylation sites (N-methyl/N-ethyl adjacent to an activating group) is 2. The van der Waals surface area contributed by atoms with Crippen molar-refractivity contribution < 1.29 is 13.5 Å². The lowest BCUT2D eigenvalue weighted by atomic mass is 9.96. The molecule has 0 saturated heterocycles. The molecule has 1 fully saturated rings. The number of hydrogen-bond donors (Lipinski definition) is 1. The van der Waals surface area contributed by atoms with Crippen molar-refractivity contribution in [1.29, 1.82) is 0 Å². The lowest BCUT2D eigenvalue weighted by molar-refractivity contribution is 0.115. The van der Waals surface area contributed by atoms with E-state index in [1.54, 1.807) is 29.8 Å². The third kappa shape index (κ3) is 6.64. The quantitative estimate of drug-likeness (QED) is 0.554. The van der Waals surface area contributed by atoms with Crippen molar-refractivity contribution >= 4 is 33.0 Å². The zero-order chi connectivity index (χ0) is 24.2. The Morgan fingerprint density at radius 3 is 2.61 bits per heavy atom. The number of aliphatic hydroxyl groups is 1. The van der Waals surface area contributed by atoms with E-state index in [0.717, 1.165) is 17.6 Å². The van der Waals surface area contributed by atoms with Gasteiger partial charge in [-0.05, 0) is 39.1 Å². The normalized spacial score (nSPS) is 17.3. The monoisotopic (exact) mass is 515 g/mol. The van der Waals surface area contributed by atoms with Gasteiger partial charge in [0.1, 0.15) is 9.90 Å². The van der Waals surface area contributed by atoms with Gasteiger partial charge in [0.2, 0.25) is 14.8 Å². The fourth-order valence-electron chi connectivity index (χ4n) is 4.03. The molecule has 1 saturated carbocycles. The molecule has 0 amide bonds. The summed E-state index contributed by atoms with van der Waals surface area (Å²) in [5.41, 5.74) is 0.675. The summed E-state index contributed by atoms with van der Waals surface area (Å²) in [5.74, 6) is 0. The molecule has 1 aliphatic rings. The van der Waals surface area contributed by atoms with Gasteiger partial charge in [-0.1, -0.05) is 55.2 Å². The Labute approximate surface area is 205 Å². The predicted molar refractivity (Wildman–Crippen MR) is 133 cm³/mol. The Morgan fingerprint density at radius 2 is 1.97 bits per heavy atom. The first kappa shape index (κ1) is 26.3. The van der Waals surface area contributed by atoms with Gasteiger partial charge in [-0.2, -0.15) is 9.40 Å². The lowest BCUT2D eigenvalue weighted by Crippen LogP contribution is -2.41. The van der Waals surface area contributed by atoms with E-state index < -0.39 is 16.1 Å². The van der Waals surface area contributed by atoms with E-state index in [-0.39, 0.29) is 23.0 Å². The molecule has 0 bridgehead atoms. The van der Waals surface area contributed by atoms with Gasteiger partial charge in [0.05, 0.1) is 17.2 Å². The van der Waals surface area contributed by atoms with Crippen LogP contribution in [0, 0.1) is 0 Å². The summed E-state index contributed by atoms with van der Waals surface area (Å²) in [5, 5.41) is 15.7. The van der Waals surface area contributed by atoms with Crippen molar-refractivity contribution in [3.05, 3.63) is 28.0 Å². The average molecular weight is 516 g/mol. The van der Waals surface area contributed by atoms with Crippen molar-refractivity contribution in [3.63, 3.8) is 0 Å². The molecule has 0 spiro atoms. The van der Waals surface area contributed by atoms with Crippen LogP contribution in [0.15, 0.2) is 28.1 Å². The molecule has 0 aliphatic heterocycles. The Bertz CT molecular complexity index is 1110. The topological polar surface area (TPSA) is 91.0 Å². The van der Waals surface area contributed by atoms with Gasteiger partial charge in [0.15, 0.2) is 0 Å². The molecule has 1 aromatic carbocycles. The maximum Gasteiger partial charge on any atom is 0.244 e. The standard InChI is InChI=1S/C22H34ClN5O3S2/c1-5-28(15-18(29)14-26(2)3)33(30,31)20-13-16(11-12-19(20)23)21-25-27(4)22(32-21)24-17-9-7-6-8-10-17/h11-13,17-18,29H,5-10,14-15H2,1-4H3. The molecule has 33 heavy (non-hydrogen) atoms. The lowest BCUT2D eigenvalue weighted by Gasteiger charge is -2.25. The molecule has 3 rings (SSSR count). The summed E-state index contributed by atoms with van der Waals surface area (Å²) in [6.45, 7) is 2.33. The molecule has 1 unspecified atom stereocenters. The van der Waals surface area contributed by atoms with Crippen molar-refractivity contribution in [1.82, 2.24) is 19.0 Å². The number of aliphatic hydroxyl groups excluding tert-OH is 1. The van der Waals surface area contributed by atoms with Crippen LogP contribution in [-0.4, -0.2) is 78.4 Å². The minimum absolute atomic E-state index is 0.00576. The van der Waals surface area contributed by atoms with Crippen LogP contribution >= 0.6 is 22.9 Å². The Morgan fingerprint density at radius 1 is 1.27 bits per heavy atom. The molecular weight excluding hydrogens is 482 g/mol. The zero-order valence-corrected chi connectivity index (χ0v) is 22.1. The van der Waals surface area contributed by atoms with Gasteiger partial charge in [0, 0.05) is 32.2 Å². The van der Waals surface area contributed by atoms with Crippen molar-refractivity contribution in [2.45, 2.75) is 56.1 Å². The number of nitrogens with zero attached hydrogens (tertiary/aromatic N) is 5. The number of halogens is 1. The van der Waals surface area contributed by atoms with Gasteiger partial charge in [-0.3, -0.25) is 4.99 Å². The Kier molecular flexibility index (Phi) is 9.10. The third-order valence-corrected chi connectivity index (χ3v) is 9.20. The van der Waals surface area contributed by atoms with Crippen molar-refractivity contribution in [3.8, 4) is 10.6 Å². The van der Waals surface area contributed by atoms with E-state index in [1.807, 2.05) is 26.0 Å². The number of aryl methyl sites for hydroxylation is 1. The Hall–Kier alpha value is -1.30. The van der Waals surface area contributed by atoms with Gasteiger partial charge in [-0.25, -0.2) is 13.1 Å². The highest BCUT2D eigenvalue weighted by atomic mass is 35.5. The van der Waals surface area contributed by atoms with E-state index in [1.165, 1.54) is 34.9 Å². The molecule has 2 aromatic rings. The molecule has 11 heteroatoms. The second kappa shape index (κ2) is 11.4.